The maximum absolute atomic E-state index is 12.0. The summed E-state index contributed by atoms with van der Waals surface area (Å²) in [6.07, 6.45) is 0.645. The van der Waals surface area contributed by atoms with Gasteiger partial charge in [-0.2, -0.15) is 0 Å². The number of benzene rings is 2. The summed E-state index contributed by atoms with van der Waals surface area (Å²) in [5.74, 6) is -0.501. The number of hydrogen-bond donors (Lipinski definition) is 2. The molecule has 0 saturated heterocycles. The Hall–Kier alpha value is -2.82. The van der Waals surface area contributed by atoms with Gasteiger partial charge < -0.3 is 15.4 Å². The van der Waals surface area contributed by atoms with Crippen molar-refractivity contribution in [2.75, 3.05) is 19.0 Å². The minimum absolute atomic E-state index is 0.394. The number of methoxy groups -OCH3 is 1. The van der Waals surface area contributed by atoms with Crippen LogP contribution in [0.1, 0.15) is 16.7 Å². The molecule has 0 bridgehead atoms. The molecule has 2 rings (SSSR count). The van der Waals surface area contributed by atoms with Gasteiger partial charge in [0, 0.05) is 12.2 Å². The van der Waals surface area contributed by atoms with E-state index in [-0.39, 0.29) is 0 Å². The van der Waals surface area contributed by atoms with Crippen LogP contribution in [0, 0.1) is 13.8 Å². The van der Waals surface area contributed by atoms with Gasteiger partial charge in [-0.15, -0.1) is 0 Å². The molecule has 0 aliphatic heterocycles. The lowest BCUT2D eigenvalue weighted by Crippen LogP contribution is -2.36. The van der Waals surface area contributed by atoms with Crippen molar-refractivity contribution in [3.8, 4) is 5.75 Å². The second kappa shape index (κ2) is 8.15. The summed E-state index contributed by atoms with van der Waals surface area (Å²) in [6.45, 7) is 4.21. The fraction of sp³-hybridized carbons (Fsp3) is 0.263. The highest BCUT2D eigenvalue weighted by molar-refractivity contribution is 6.39. The summed E-state index contributed by atoms with van der Waals surface area (Å²) < 4.78 is 5.10. The van der Waals surface area contributed by atoms with E-state index in [2.05, 4.69) is 10.6 Å². The van der Waals surface area contributed by atoms with E-state index in [4.69, 9.17) is 4.74 Å². The SMILES string of the molecule is COc1ccc(CCNC(=O)C(=O)Nc2cc(C)ccc2C)cc1. The van der Waals surface area contributed by atoms with Gasteiger partial charge >= 0.3 is 11.8 Å². The van der Waals surface area contributed by atoms with E-state index in [9.17, 15) is 9.59 Å². The van der Waals surface area contributed by atoms with Crippen molar-refractivity contribution in [3.63, 3.8) is 0 Å². The van der Waals surface area contributed by atoms with Crippen LogP contribution >= 0.6 is 0 Å². The molecule has 2 aromatic carbocycles. The molecule has 0 aliphatic rings. The highest BCUT2D eigenvalue weighted by Gasteiger charge is 2.14. The van der Waals surface area contributed by atoms with Gasteiger partial charge in [-0.25, -0.2) is 0 Å². The molecule has 0 aliphatic carbocycles. The van der Waals surface area contributed by atoms with Gasteiger partial charge in [0.1, 0.15) is 5.75 Å². The lowest BCUT2D eigenvalue weighted by molar-refractivity contribution is -0.136. The Bertz CT molecular complexity index is 724. The van der Waals surface area contributed by atoms with Crippen molar-refractivity contribution in [2.45, 2.75) is 20.3 Å². The smallest absolute Gasteiger partial charge is 0.313 e. The van der Waals surface area contributed by atoms with Crippen molar-refractivity contribution >= 4 is 17.5 Å². The first-order valence-electron chi connectivity index (χ1n) is 7.79. The highest BCUT2D eigenvalue weighted by atomic mass is 16.5. The molecule has 5 heteroatoms. The second-order valence-corrected chi connectivity index (χ2v) is 5.63. The van der Waals surface area contributed by atoms with Gasteiger partial charge in [-0.3, -0.25) is 9.59 Å². The molecule has 2 amide bonds. The first kappa shape index (κ1) is 17.5. The molecule has 0 saturated carbocycles. The minimum Gasteiger partial charge on any atom is -0.497 e. The van der Waals surface area contributed by atoms with Crippen molar-refractivity contribution in [2.24, 2.45) is 0 Å². The third-order valence-corrected chi connectivity index (χ3v) is 3.71. The summed E-state index contributed by atoms with van der Waals surface area (Å²) in [7, 11) is 1.61. The molecule has 2 aromatic rings. The molecule has 24 heavy (non-hydrogen) atoms. The molecule has 5 nitrogen and oxygen atoms in total. The van der Waals surface area contributed by atoms with Gasteiger partial charge in [-0.1, -0.05) is 24.3 Å². The van der Waals surface area contributed by atoms with E-state index >= 15 is 0 Å². The number of nitrogens with one attached hydrogen (secondary N) is 2. The van der Waals surface area contributed by atoms with Gasteiger partial charge in [0.25, 0.3) is 0 Å². The lowest BCUT2D eigenvalue weighted by atomic mass is 10.1. The van der Waals surface area contributed by atoms with Gasteiger partial charge in [-0.05, 0) is 55.2 Å². The fourth-order valence-electron chi connectivity index (χ4n) is 2.24. The Morgan fingerprint density at radius 3 is 2.38 bits per heavy atom. The van der Waals surface area contributed by atoms with Gasteiger partial charge in [0.15, 0.2) is 0 Å². The maximum atomic E-state index is 12.0. The minimum atomic E-state index is -0.654. The number of carbonyl (C=O) groups is 2. The molecule has 2 N–H and O–H groups in total. The van der Waals surface area contributed by atoms with E-state index in [1.807, 2.05) is 56.3 Å². The third-order valence-electron chi connectivity index (χ3n) is 3.71. The number of anilines is 1. The highest BCUT2D eigenvalue weighted by Crippen LogP contribution is 2.16. The molecule has 126 valence electrons. The predicted octanol–water partition coefficient (Wildman–Crippen LogP) is 2.61. The predicted molar refractivity (Wildman–Crippen MR) is 94.3 cm³/mol. The largest absolute Gasteiger partial charge is 0.497 e. The van der Waals surface area contributed by atoms with Crippen LogP contribution < -0.4 is 15.4 Å². The molecule has 0 heterocycles. The Morgan fingerprint density at radius 2 is 1.71 bits per heavy atom. The number of rotatable bonds is 5. The summed E-state index contributed by atoms with van der Waals surface area (Å²) in [5, 5.41) is 5.28. The van der Waals surface area contributed by atoms with Crippen LogP contribution in [0.2, 0.25) is 0 Å². The van der Waals surface area contributed by atoms with Crippen LogP contribution in [0.4, 0.5) is 5.69 Å². The molecule has 0 fully saturated rings. The van der Waals surface area contributed by atoms with Gasteiger partial charge in [0.05, 0.1) is 7.11 Å². The van der Waals surface area contributed by atoms with E-state index < -0.39 is 11.8 Å². The molecule has 0 atom stereocenters. The molecular weight excluding hydrogens is 304 g/mol. The monoisotopic (exact) mass is 326 g/mol. The summed E-state index contributed by atoms with van der Waals surface area (Å²) in [4.78, 5) is 23.9. The third kappa shape index (κ3) is 4.84. The van der Waals surface area contributed by atoms with E-state index in [1.54, 1.807) is 7.11 Å². The quantitative estimate of drug-likeness (QED) is 0.830. The fourth-order valence-corrected chi connectivity index (χ4v) is 2.24. The molecular formula is C19H22N2O3. The number of carbonyl (C=O) groups excluding carboxylic acids is 2. The van der Waals surface area contributed by atoms with Gasteiger partial charge in [0.2, 0.25) is 0 Å². The zero-order valence-electron chi connectivity index (χ0n) is 14.2. The summed E-state index contributed by atoms with van der Waals surface area (Å²) >= 11 is 0. The molecule has 0 aromatic heterocycles. The van der Waals surface area contributed by atoms with Crippen LogP contribution in [0.15, 0.2) is 42.5 Å². The lowest BCUT2D eigenvalue weighted by Gasteiger charge is -2.10. The Kier molecular flexibility index (Phi) is 5.95. The van der Waals surface area contributed by atoms with Crippen molar-refractivity contribution < 1.29 is 14.3 Å². The summed E-state index contributed by atoms with van der Waals surface area (Å²) in [6, 6.07) is 13.3. The van der Waals surface area contributed by atoms with E-state index in [0.717, 1.165) is 22.4 Å². The number of ether oxygens (including phenoxy) is 1. The summed E-state index contributed by atoms with van der Waals surface area (Å²) in [5.41, 5.74) is 3.66. The molecule has 0 unspecified atom stereocenters. The van der Waals surface area contributed by atoms with E-state index in [1.165, 1.54) is 0 Å². The van der Waals surface area contributed by atoms with E-state index in [0.29, 0.717) is 18.7 Å². The normalized spacial score (nSPS) is 10.1. The Balaban J connectivity index is 1.83. The maximum Gasteiger partial charge on any atom is 0.313 e. The zero-order chi connectivity index (χ0) is 17.5. The number of amides is 2. The van der Waals surface area contributed by atoms with Crippen LogP contribution in [0.25, 0.3) is 0 Å². The topological polar surface area (TPSA) is 67.4 Å². The second-order valence-electron chi connectivity index (χ2n) is 5.63. The van der Waals surface area contributed by atoms with Crippen molar-refractivity contribution in [3.05, 3.63) is 59.2 Å². The zero-order valence-corrected chi connectivity index (χ0v) is 14.2. The molecule has 0 spiro atoms. The van der Waals surface area contributed by atoms with Crippen LogP contribution in [0.3, 0.4) is 0 Å². The number of aryl methyl sites for hydroxylation is 2. The van der Waals surface area contributed by atoms with Crippen molar-refractivity contribution in [1.82, 2.24) is 5.32 Å². The van der Waals surface area contributed by atoms with Crippen LogP contribution in [-0.4, -0.2) is 25.5 Å². The average Bonchev–Trinajstić information content (AvgIpc) is 2.58. The standard InChI is InChI=1S/C19H22N2O3/c1-13-4-5-14(2)17(12-13)21-19(23)18(22)20-11-10-15-6-8-16(24-3)9-7-15/h4-9,12H,10-11H2,1-3H3,(H,20,22)(H,21,23). The van der Waals surface area contributed by atoms with Crippen LogP contribution in [-0.2, 0) is 16.0 Å². The first-order chi connectivity index (χ1) is 11.5. The average molecular weight is 326 g/mol. The molecule has 0 radical (unpaired) electrons. The Labute approximate surface area is 142 Å². The first-order valence-corrected chi connectivity index (χ1v) is 7.79. The van der Waals surface area contributed by atoms with Crippen LogP contribution in [0.5, 0.6) is 5.75 Å². The van der Waals surface area contributed by atoms with Crippen molar-refractivity contribution in [1.29, 1.82) is 0 Å². The Morgan fingerprint density at radius 1 is 1.00 bits per heavy atom. The number of hydrogen-bond acceptors (Lipinski definition) is 3.